The molecule has 0 bridgehead atoms. The summed E-state index contributed by atoms with van der Waals surface area (Å²) in [5.74, 6) is -0.314. The van der Waals surface area contributed by atoms with Gasteiger partial charge in [0.25, 0.3) is 15.9 Å². The number of fused-ring (bicyclic) bond motifs is 1. The monoisotopic (exact) mass is 370 g/mol. The number of anilines is 1. The molecule has 0 aliphatic carbocycles. The van der Waals surface area contributed by atoms with Gasteiger partial charge in [-0.25, -0.2) is 8.42 Å². The molecule has 0 atom stereocenters. The maximum atomic E-state index is 12.5. The SMILES string of the molecule is CON(C)S(=O)(=O)c1ccc(C(=O)Nc2cccc3ccccc23)cc1. The zero-order chi connectivity index (χ0) is 18.7. The fourth-order valence-corrected chi connectivity index (χ4v) is 3.53. The third-order valence-electron chi connectivity index (χ3n) is 4.05. The Labute approximate surface area is 152 Å². The van der Waals surface area contributed by atoms with Crippen molar-refractivity contribution in [1.82, 2.24) is 4.47 Å². The first-order valence-electron chi connectivity index (χ1n) is 7.85. The summed E-state index contributed by atoms with van der Waals surface area (Å²) in [7, 11) is -1.17. The largest absolute Gasteiger partial charge is 0.321 e. The van der Waals surface area contributed by atoms with Crippen LogP contribution in [0.5, 0.6) is 0 Å². The van der Waals surface area contributed by atoms with Crippen molar-refractivity contribution in [1.29, 1.82) is 0 Å². The number of sulfonamides is 1. The molecule has 6 nitrogen and oxygen atoms in total. The zero-order valence-electron chi connectivity index (χ0n) is 14.3. The van der Waals surface area contributed by atoms with Gasteiger partial charge in [0, 0.05) is 23.7 Å². The summed E-state index contributed by atoms with van der Waals surface area (Å²) in [6.07, 6.45) is 0. The predicted molar refractivity (Wildman–Crippen MR) is 100 cm³/mol. The number of hydroxylamine groups is 1. The molecular weight excluding hydrogens is 352 g/mol. The van der Waals surface area contributed by atoms with E-state index in [1.54, 1.807) is 0 Å². The van der Waals surface area contributed by atoms with E-state index in [0.29, 0.717) is 11.3 Å². The Morgan fingerprint density at radius 1 is 0.962 bits per heavy atom. The summed E-state index contributed by atoms with van der Waals surface area (Å²) in [5, 5.41) is 4.83. The third-order valence-corrected chi connectivity index (χ3v) is 5.74. The standard InChI is InChI=1S/C19H18N2O4S/c1-21(25-2)26(23,24)16-12-10-15(11-13-16)19(22)20-18-9-5-7-14-6-3-4-8-17(14)18/h3-13H,1-2H3,(H,20,22). The van der Waals surface area contributed by atoms with E-state index < -0.39 is 10.0 Å². The lowest BCUT2D eigenvalue weighted by Crippen LogP contribution is -2.25. The van der Waals surface area contributed by atoms with Crippen molar-refractivity contribution in [3.8, 4) is 0 Å². The van der Waals surface area contributed by atoms with Crippen molar-refractivity contribution in [3.63, 3.8) is 0 Å². The van der Waals surface area contributed by atoms with Gasteiger partial charge < -0.3 is 5.32 Å². The second-order valence-corrected chi connectivity index (χ2v) is 7.54. The molecule has 0 aliphatic heterocycles. The van der Waals surface area contributed by atoms with Gasteiger partial charge in [-0.2, -0.15) is 0 Å². The van der Waals surface area contributed by atoms with Crippen LogP contribution in [-0.4, -0.2) is 33.0 Å². The highest BCUT2D eigenvalue weighted by Gasteiger charge is 2.21. The number of carbonyl (C=O) groups excluding carboxylic acids is 1. The molecule has 0 aromatic heterocycles. The van der Waals surface area contributed by atoms with Gasteiger partial charge >= 0.3 is 0 Å². The molecule has 0 unspecified atom stereocenters. The second kappa shape index (κ2) is 7.25. The molecule has 0 fully saturated rings. The van der Waals surface area contributed by atoms with Crippen LogP contribution in [0.15, 0.2) is 71.6 Å². The van der Waals surface area contributed by atoms with Gasteiger partial charge in [0.2, 0.25) is 0 Å². The van der Waals surface area contributed by atoms with E-state index in [0.717, 1.165) is 15.2 Å². The van der Waals surface area contributed by atoms with Crippen molar-refractivity contribution < 1.29 is 18.0 Å². The molecule has 134 valence electrons. The number of benzene rings is 3. The first-order valence-corrected chi connectivity index (χ1v) is 9.29. The van der Waals surface area contributed by atoms with Crippen molar-refractivity contribution in [2.75, 3.05) is 19.5 Å². The van der Waals surface area contributed by atoms with Gasteiger partial charge in [0.05, 0.1) is 12.0 Å². The highest BCUT2D eigenvalue weighted by Crippen LogP contribution is 2.24. The molecule has 3 aromatic rings. The molecule has 0 saturated heterocycles. The number of carbonyl (C=O) groups is 1. The average Bonchev–Trinajstić information content (AvgIpc) is 2.67. The minimum Gasteiger partial charge on any atom is -0.321 e. The van der Waals surface area contributed by atoms with Crippen LogP contribution in [0.25, 0.3) is 10.8 Å². The summed E-state index contributed by atoms with van der Waals surface area (Å²) in [5.41, 5.74) is 1.06. The van der Waals surface area contributed by atoms with Crippen molar-refractivity contribution in [2.24, 2.45) is 0 Å². The Bertz CT molecular complexity index is 1040. The maximum absolute atomic E-state index is 12.5. The first kappa shape index (κ1) is 18.1. The van der Waals surface area contributed by atoms with Gasteiger partial charge in [0.15, 0.2) is 0 Å². The summed E-state index contributed by atoms with van der Waals surface area (Å²) >= 11 is 0. The molecule has 1 amide bonds. The number of rotatable bonds is 5. The van der Waals surface area contributed by atoms with Crippen LogP contribution in [-0.2, 0) is 14.9 Å². The lowest BCUT2D eigenvalue weighted by molar-refractivity contribution is -0.0258. The second-order valence-electron chi connectivity index (χ2n) is 5.60. The average molecular weight is 370 g/mol. The van der Waals surface area contributed by atoms with Crippen LogP contribution in [0.3, 0.4) is 0 Å². The van der Waals surface area contributed by atoms with E-state index in [1.807, 2.05) is 42.5 Å². The summed E-state index contributed by atoms with van der Waals surface area (Å²) in [4.78, 5) is 17.3. The van der Waals surface area contributed by atoms with E-state index in [4.69, 9.17) is 4.84 Å². The first-order chi connectivity index (χ1) is 12.4. The zero-order valence-corrected chi connectivity index (χ0v) is 15.2. The third kappa shape index (κ3) is 3.45. The van der Waals surface area contributed by atoms with Gasteiger partial charge in [0.1, 0.15) is 0 Å². The highest BCUT2D eigenvalue weighted by molar-refractivity contribution is 7.89. The van der Waals surface area contributed by atoms with Crippen LogP contribution in [0, 0.1) is 0 Å². The van der Waals surface area contributed by atoms with Gasteiger partial charge in [-0.3, -0.25) is 9.63 Å². The lowest BCUT2D eigenvalue weighted by Gasteiger charge is -2.14. The van der Waals surface area contributed by atoms with Crippen LogP contribution < -0.4 is 5.32 Å². The fraction of sp³-hybridized carbons (Fsp3) is 0.105. The predicted octanol–water partition coefficient (Wildman–Crippen LogP) is 3.27. The number of nitrogens with zero attached hydrogens (tertiary/aromatic N) is 1. The summed E-state index contributed by atoms with van der Waals surface area (Å²) in [6.45, 7) is 0. The number of hydrogen-bond acceptors (Lipinski definition) is 4. The van der Waals surface area contributed by atoms with Crippen molar-refractivity contribution in [2.45, 2.75) is 4.90 Å². The highest BCUT2D eigenvalue weighted by atomic mass is 32.2. The summed E-state index contributed by atoms with van der Waals surface area (Å²) < 4.78 is 25.1. The Kier molecular flexibility index (Phi) is 5.03. The van der Waals surface area contributed by atoms with Gasteiger partial charge in [-0.05, 0) is 35.7 Å². The smallest absolute Gasteiger partial charge is 0.264 e. The van der Waals surface area contributed by atoms with Crippen LogP contribution in [0.4, 0.5) is 5.69 Å². The molecule has 0 radical (unpaired) electrons. The van der Waals surface area contributed by atoms with E-state index in [9.17, 15) is 13.2 Å². The molecule has 0 aliphatic rings. The molecule has 3 rings (SSSR count). The Morgan fingerprint density at radius 2 is 1.62 bits per heavy atom. The summed E-state index contributed by atoms with van der Waals surface area (Å²) in [6, 6.07) is 19.1. The minimum atomic E-state index is -3.74. The lowest BCUT2D eigenvalue weighted by atomic mass is 10.1. The number of amides is 1. The van der Waals surface area contributed by atoms with Crippen LogP contribution >= 0.6 is 0 Å². The quantitative estimate of drug-likeness (QED) is 0.700. The number of nitrogens with one attached hydrogen (secondary N) is 1. The van der Waals surface area contributed by atoms with E-state index in [-0.39, 0.29) is 10.8 Å². The maximum Gasteiger partial charge on any atom is 0.264 e. The Balaban J connectivity index is 1.85. The Morgan fingerprint density at radius 3 is 2.31 bits per heavy atom. The van der Waals surface area contributed by atoms with E-state index in [1.165, 1.54) is 38.4 Å². The van der Waals surface area contributed by atoms with Crippen LogP contribution in [0.2, 0.25) is 0 Å². The minimum absolute atomic E-state index is 0.0450. The van der Waals surface area contributed by atoms with Crippen LogP contribution in [0.1, 0.15) is 10.4 Å². The van der Waals surface area contributed by atoms with E-state index in [2.05, 4.69) is 5.32 Å². The molecule has 1 N–H and O–H groups in total. The van der Waals surface area contributed by atoms with Crippen molar-refractivity contribution >= 4 is 32.4 Å². The van der Waals surface area contributed by atoms with Gasteiger partial charge in [-0.15, -0.1) is 0 Å². The topological polar surface area (TPSA) is 75.7 Å². The molecule has 26 heavy (non-hydrogen) atoms. The normalized spacial score (nSPS) is 11.7. The van der Waals surface area contributed by atoms with Crippen molar-refractivity contribution in [3.05, 3.63) is 72.3 Å². The Hall–Kier alpha value is -2.74. The molecule has 3 aromatic carbocycles. The van der Waals surface area contributed by atoms with E-state index >= 15 is 0 Å². The van der Waals surface area contributed by atoms with Gasteiger partial charge in [-0.1, -0.05) is 40.9 Å². The molecule has 0 saturated carbocycles. The molecule has 7 heteroatoms. The molecular formula is C19H18N2O4S. The fourth-order valence-electron chi connectivity index (χ4n) is 2.55. The number of hydrogen-bond donors (Lipinski definition) is 1. The molecule has 0 spiro atoms. The molecule has 0 heterocycles.